The van der Waals surface area contributed by atoms with Gasteiger partial charge in [-0.05, 0) is 25.0 Å². The minimum Gasteiger partial charge on any atom is -0.462 e. The molecule has 0 aliphatic heterocycles. The van der Waals surface area contributed by atoms with Crippen LogP contribution in [-0.4, -0.2) is 27.2 Å². The van der Waals surface area contributed by atoms with E-state index < -0.39 is 0 Å². The number of rotatable bonds is 5. The van der Waals surface area contributed by atoms with Crippen molar-refractivity contribution in [1.29, 1.82) is 0 Å². The number of esters is 1. The van der Waals surface area contributed by atoms with Crippen molar-refractivity contribution in [3.8, 4) is 11.1 Å². The van der Waals surface area contributed by atoms with Gasteiger partial charge in [-0.3, -0.25) is 0 Å². The van der Waals surface area contributed by atoms with Gasteiger partial charge in [0, 0.05) is 12.6 Å². The molecule has 0 aliphatic carbocycles. The van der Waals surface area contributed by atoms with Crippen molar-refractivity contribution in [3.63, 3.8) is 0 Å². The number of fused-ring (bicyclic) bond motifs is 1. The minimum absolute atomic E-state index is 0.323. The molecular weight excluding hydrogens is 350 g/mol. The Hall–Kier alpha value is -3.47. The van der Waals surface area contributed by atoms with Crippen LogP contribution in [0.1, 0.15) is 34.2 Å². The van der Waals surface area contributed by atoms with Gasteiger partial charge in [-0.25, -0.2) is 14.3 Å². The molecule has 0 radical (unpaired) electrons. The molecule has 5 heteroatoms. The van der Waals surface area contributed by atoms with Crippen molar-refractivity contribution in [1.82, 2.24) is 14.6 Å². The topological polar surface area (TPSA) is 56.5 Å². The van der Waals surface area contributed by atoms with E-state index in [1.807, 2.05) is 43.3 Å². The molecule has 0 atom stereocenters. The van der Waals surface area contributed by atoms with Crippen LogP contribution in [0.25, 0.3) is 16.8 Å². The van der Waals surface area contributed by atoms with Crippen molar-refractivity contribution in [2.45, 2.75) is 20.3 Å². The minimum atomic E-state index is -0.379. The Kier molecular flexibility index (Phi) is 4.89. The number of nitrogens with zero attached hydrogens (tertiary/aromatic N) is 3. The summed E-state index contributed by atoms with van der Waals surface area (Å²) in [6.45, 7) is 3.98. The Morgan fingerprint density at radius 1 is 1.04 bits per heavy atom. The van der Waals surface area contributed by atoms with Gasteiger partial charge in [0.2, 0.25) is 0 Å². The summed E-state index contributed by atoms with van der Waals surface area (Å²) >= 11 is 0. The van der Waals surface area contributed by atoms with Gasteiger partial charge in [0.1, 0.15) is 0 Å². The molecule has 0 spiro atoms. The summed E-state index contributed by atoms with van der Waals surface area (Å²) in [6.07, 6.45) is 2.27. The molecule has 5 nitrogen and oxygen atoms in total. The van der Waals surface area contributed by atoms with Crippen LogP contribution in [0.5, 0.6) is 0 Å². The highest BCUT2D eigenvalue weighted by molar-refractivity contribution is 5.91. The van der Waals surface area contributed by atoms with E-state index in [0.717, 1.165) is 28.2 Å². The summed E-state index contributed by atoms with van der Waals surface area (Å²) in [5.41, 5.74) is 6.04. The van der Waals surface area contributed by atoms with Gasteiger partial charge >= 0.3 is 5.97 Å². The molecule has 2 aromatic heterocycles. The van der Waals surface area contributed by atoms with Gasteiger partial charge in [-0.2, -0.15) is 5.10 Å². The summed E-state index contributed by atoms with van der Waals surface area (Å²) in [4.78, 5) is 16.8. The van der Waals surface area contributed by atoms with Crippen molar-refractivity contribution in [3.05, 3.63) is 89.4 Å². The maximum absolute atomic E-state index is 12.3. The van der Waals surface area contributed by atoms with E-state index in [0.29, 0.717) is 18.6 Å². The Balaban J connectivity index is 1.91. The number of aryl methyl sites for hydroxylation is 1. The summed E-state index contributed by atoms with van der Waals surface area (Å²) < 4.78 is 6.91. The van der Waals surface area contributed by atoms with Crippen molar-refractivity contribution < 1.29 is 9.53 Å². The molecule has 0 amide bonds. The molecule has 0 saturated heterocycles. The zero-order chi connectivity index (χ0) is 19.5. The lowest BCUT2D eigenvalue weighted by Crippen LogP contribution is -2.11. The zero-order valence-corrected chi connectivity index (χ0v) is 15.9. The Labute approximate surface area is 163 Å². The maximum atomic E-state index is 12.3. The van der Waals surface area contributed by atoms with Crippen molar-refractivity contribution in [2.75, 3.05) is 6.61 Å². The quantitative estimate of drug-likeness (QED) is 0.486. The molecule has 0 unspecified atom stereocenters. The van der Waals surface area contributed by atoms with Crippen LogP contribution in [0.3, 0.4) is 0 Å². The van der Waals surface area contributed by atoms with Gasteiger partial charge in [0.15, 0.2) is 5.65 Å². The number of carbonyl (C=O) groups is 1. The second-order valence-electron chi connectivity index (χ2n) is 6.56. The summed E-state index contributed by atoms with van der Waals surface area (Å²) in [5.74, 6) is -0.379. The predicted octanol–water partition coefficient (Wildman–Crippen LogP) is 4.47. The largest absolute Gasteiger partial charge is 0.462 e. The highest BCUT2D eigenvalue weighted by Crippen LogP contribution is 2.30. The van der Waals surface area contributed by atoms with E-state index in [1.165, 1.54) is 5.56 Å². The number of ether oxygens (including phenoxy) is 1. The summed E-state index contributed by atoms with van der Waals surface area (Å²) in [6, 6.07) is 20.3. The number of aromatic nitrogens is 3. The van der Waals surface area contributed by atoms with Crippen LogP contribution in [0.4, 0.5) is 0 Å². The average molecular weight is 371 g/mol. The third-order valence-corrected chi connectivity index (χ3v) is 4.73. The monoisotopic (exact) mass is 371 g/mol. The average Bonchev–Trinajstić information content (AvgIpc) is 3.08. The fraction of sp³-hybridized carbons (Fsp3) is 0.174. The van der Waals surface area contributed by atoms with Crippen molar-refractivity contribution >= 4 is 11.6 Å². The zero-order valence-electron chi connectivity index (χ0n) is 15.9. The van der Waals surface area contributed by atoms with Crippen LogP contribution in [0.2, 0.25) is 0 Å². The standard InChI is InChI=1S/C23H21N3O2/c1-3-28-23(27)19-15-24-22-21(18-12-8-5-9-13-18)20(25-26(22)16(19)2)14-17-10-6-4-7-11-17/h4-13,15H,3,14H2,1-2H3. The van der Waals surface area contributed by atoms with Crippen LogP contribution in [-0.2, 0) is 11.2 Å². The third-order valence-electron chi connectivity index (χ3n) is 4.73. The van der Waals surface area contributed by atoms with Gasteiger partial charge in [0.05, 0.1) is 29.1 Å². The smallest absolute Gasteiger partial charge is 0.341 e. The number of hydrogen-bond acceptors (Lipinski definition) is 4. The predicted molar refractivity (Wildman–Crippen MR) is 108 cm³/mol. The van der Waals surface area contributed by atoms with Gasteiger partial charge in [-0.15, -0.1) is 0 Å². The third kappa shape index (κ3) is 3.27. The number of hydrogen-bond donors (Lipinski definition) is 0. The first-order valence-corrected chi connectivity index (χ1v) is 9.32. The van der Waals surface area contributed by atoms with Gasteiger partial charge < -0.3 is 4.74 Å². The first-order chi connectivity index (χ1) is 13.7. The van der Waals surface area contributed by atoms with Gasteiger partial charge in [-0.1, -0.05) is 60.7 Å². The highest BCUT2D eigenvalue weighted by Gasteiger charge is 2.21. The molecule has 4 rings (SSSR count). The van der Waals surface area contributed by atoms with Crippen LogP contribution < -0.4 is 0 Å². The van der Waals surface area contributed by atoms with E-state index in [-0.39, 0.29) is 5.97 Å². The number of benzene rings is 2. The first-order valence-electron chi connectivity index (χ1n) is 9.32. The fourth-order valence-corrected chi connectivity index (χ4v) is 3.36. The van der Waals surface area contributed by atoms with Crippen LogP contribution >= 0.6 is 0 Å². The van der Waals surface area contributed by atoms with Crippen LogP contribution in [0.15, 0.2) is 66.9 Å². The second-order valence-corrected chi connectivity index (χ2v) is 6.56. The van der Waals surface area contributed by atoms with E-state index in [9.17, 15) is 4.79 Å². The lowest BCUT2D eigenvalue weighted by atomic mass is 10.0. The Morgan fingerprint density at radius 3 is 2.39 bits per heavy atom. The van der Waals surface area contributed by atoms with Crippen molar-refractivity contribution in [2.24, 2.45) is 0 Å². The molecule has 0 saturated carbocycles. The van der Waals surface area contributed by atoms with E-state index in [1.54, 1.807) is 17.6 Å². The maximum Gasteiger partial charge on any atom is 0.341 e. The Morgan fingerprint density at radius 2 is 1.71 bits per heavy atom. The molecule has 2 heterocycles. The van der Waals surface area contributed by atoms with E-state index >= 15 is 0 Å². The molecule has 2 aromatic carbocycles. The molecule has 140 valence electrons. The Bertz CT molecular complexity index is 1120. The lowest BCUT2D eigenvalue weighted by Gasteiger charge is -2.07. The SMILES string of the molecule is CCOC(=O)c1cnc2c(-c3ccccc3)c(Cc3ccccc3)nn2c1C. The number of carbonyl (C=O) groups excluding carboxylic acids is 1. The highest BCUT2D eigenvalue weighted by atomic mass is 16.5. The molecule has 0 bridgehead atoms. The summed E-state index contributed by atoms with van der Waals surface area (Å²) in [7, 11) is 0. The molecule has 4 aromatic rings. The van der Waals surface area contributed by atoms with Crippen LogP contribution in [0, 0.1) is 6.92 Å². The lowest BCUT2D eigenvalue weighted by molar-refractivity contribution is 0.0524. The molecule has 28 heavy (non-hydrogen) atoms. The normalized spacial score (nSPS) is 10.9. The second kappa shape index (κ2) is 7.64. The first kappa shape index (κ1) is 17.9. The van der Waals surface area contributed by atoms with Gasteiger partial charge in [0.25, 0.3) is 0 Å². The molecule has 0 N–H and O–H groups in total. The summed E-state index contributed by atoms with van der Waals surface area (Å²) in [5, 5.41) is 4.83. The fourth-order valence-electron chi connectivity index (χ4n) is 3.36. The molecule has 0 aliphatic rings. The van der Waals surface area contributed by atoms with E-state index in [2.05, 4.69) is 29.2 Å². The molecule has 0 fully saturated rings. The van der Waals surface area contributed by atoms with E-state index in [4.69, 9.17) is 9.84 Å². The molecular formula is C23H21N3O2.